The van der Waals surface area contributed by atoms with Gasteiger partial charge in [0.1, 0.15) is 5.75 Å². The maximum absolute atomic E-state index is 11.5. The second-order valence-corrected chi connectivity index (χ2v) is 8.88. The number of sulfone groups is 1. The zero-order valence-electron chi connectivity index (χ0n) is 17.8. The number of nitrogens with zero attached hydrogens (tertiary/aromatic N) is 1. The summed E-state index contributed by atoms with van der Waals surface area (Å²) in [7, 11) is -1.42. The Morgan fingerprint density at radius 2 is 1.80 bits per heavy atom. The van der Waals surface area contributed by atoms with Crippen molar-refractivity contribution in [1.82, 2.24) is 10.6 Å². The van der Waals surface area contributed by atoms with Crippen LogP contribution in [0.25, 0.3) is 0 Å². The molecule has 2 aromatic rings. The maximum atomic E-state index is 11.5. The van der Waals surface area contributed by atoms with Gasteiger partial charge < -0.3 is 15.4 Å². The molecule has 0 radical (unpaired) electrons. The van der Waals surface area contributed by atoms with Crippen LogP contribution in [0.1, 0.15) is 30.9 Å². The summed E-state index contributed by atoms with van der Waals surface area (Å²) in [6, 6.07) is 15.0. The van der Waals surface area contributed by atoms with Crippen molar-refractivity contribution in [3.8, 4) is 5.75 Å². The van der Waals surface area contributed by atoms with Gasteiger partial charge in [-0.25, -0.2) is 8.42 Å². The van der Waals surface area contributed by atoms with Crippen molar-refractivity contribution in [2.24, 2.45) is 4.99 Å². The van der Waals surface area contributed by atoms with E-state index in [1.165, 1.54) is 6.26 Å². The minimum absolute atomic E-state index is 0. The molecule has 2 N–H and O–H groups in total. The third-order valence-electron chi connectivity index (χ3n) is 4.41. The molecule has 6 nitrogen and oxygen atoms in total. The number of hydrogen-bond donors (Lipinski definition) is 2. The summed E-state index contributed by atoms with van der Waals surface area (Å²) in [5, 5.41) is 6.58. The van der Waals surface area contributed by atoms with E-state index in [2.05, 4.69) is 28.6 Å². The molecule has 0 fully saturated rings. The molecule has 2 aromatic carbocycles. The van der Waals surface area contributed by atoms with E-state index in [1.54, 1.807) is 19.2 Å². The average molecular weight is 545 g/mol. The van der Waals surface area contributed by atoms with Gasteiger partial charge in [-0.2, -0.15) is 0 Å². The van der Waals surface area contributed by atoms with Crippen LogP contribution < -0.4 is 15.4 Å². The highest BCUT2D eigenvalue weighted by Crippen LogP contribution is 2.14. The first-order valence-corrected chi connectivity index (χ1v) is 11.8. The molecule has 0 aliphatic heterocycles. The van der Waals surface area contributed by atoms with Crippen LogP contribution in [0.3, 0.4) is 0 Å². The van der Waals surface area contributed by atoms with Crippen molar-refractivity contribution in [1.29, 1.82) is 0 Å². The molecule has 30 heavy (non-hydrogen) atoms. The van der Waals surface area contributed by atoms with Gasteiger partial charge in [-0.3, -0.25) is 4.99 Å². The number of benzene rings is 2. The van der Waals surface area contributed by atoms with Gasteiger partial charge in [0, 0.05) is 26.4 Å². The van der Waals surface area contributed by atoms with Crippen molar-refractivity contribution >= 4 is 39.8 Å². The predicted molar refractivity (Wildman–Crippen MR) is 134 cm³/mol. The zero-order chi connectivity index (χ0) is 21.1. The number of guanidine groups is 1. The molecule has 0 atom stereocenters. The van der Waals surface area contributed by atoms with Crippen LogP contribution in [-0.4, -0.2) is 40.8 Å². The van der Waals surface area contributed by atoms with E-state index in [1.807, 2.05) is 30.3 Å². The van der Waals surface area contributed by atoms with Gasteiger partial charge in [-0.05, 0) is 48.2 Å². The van der Waals surface area contributed by atoms with Crippen molar-refractivity contribution in [2.75, 3.05) is 26.5 Å². The molecule has 0 aromatic heterocycles. The molecule has 0 aliphatic rings. The Hall–Kier alpha value is -1.81. The third kappa shape index (κ3) is 9.34. The van der Waals surface area contributed by atoms with E-state index in [9.17, 15) is 8.42 Å². The summed E-state index contributed by atoms with van der Waals surface area (Å²) in [5.41, 5.74) is 2.19. The topological polar surface area (TPSA) is 79.8 Å². The molecule has 0 spiro atoms. The van der Waals surface area contributed by atoms with E-state index in [0.29, 0.717) is 18.0 Å². The number of nitrogens with one attached hydrogen (secondary N) is 2. The van der Waals surface area contributed by atoms with E-state index in [-0.39, 0.29) is 24.0 Å². The van der Waals surface area contributed by atoms with Crippen LogP contribution >= 0.6 is 24.0 Å². The summed E-state index contributed by atoms with van der Waals surface area (Å²) >= 11 is 0. The summed E-state index contributed by atoms with van der Waals surface area (Å²) in [6.45, 7) is 4.22. The standard InChI is InChI=1S/C22H31N3O3S.HI/c1-4-5-15-28-20-8-6-7-19(16-20)17-25-22(23-2)24-14-13-18-9-11-21(12-10-18)29(3,26)27;/h6-12,16H,4-5,13-15,17H2,1-3H3,(H2,23,24,25);1H. The SMILES string of the molecule is CCCCOc1cccc(CNC(=NC)NCCc2ccc(S(C)(=O)=O)cc2)c1.I. The molecule has 0 bridgehead atoms. The number of rotatable bonds is 10. The highest BCUT2D eigenvalue weighted by atomic mass is 127. The molecule has 0 saturated heterocycles. The highest BCUT2D eigenvalue weighted by Gasteiger charge is 2.06. The summed E-state index contributed by atoms with van der Waals surface area (Å²) < 4.78 is 28.8. The third-order valence-corrected chi connectivity index (χ3v) is 5.53. The number of aliphatic imine (C=N–C) groups is 1. The lowest BCUT2D eigenvalue weighted by Crippen LogP contribution is -2.37. The maximum Gasteiger partial charge on any atom is 0.191 e. The minimum Gasteiger partial charge on any atom is -0.494 e. The summed E-state index contributed by atoms with van der Waals surface area (Å²) in [4.78, 5) is 4.59. The first-order chi connectivity index (χ1) is 13.9. The summed E-state index contributed by atoms with van der Waals surface area (Å²) in [5.74, 6) is 1.60. The van der Waals surface area contributed by atoms with Gasteiger partial charge in [0.15, 0.2) is 15.8 Å². The molecular formula is C22H32IN3O3S. The minimum atomic E-state index is -3.15. The molecule has 0 aliphatic carbocycles. The van der Waals surface area contributed by atoms with Crippen LogP contribution in [0.2, 0.25) is 0 Å². The Morgan fingerprint density at radius 3 is 2.43 bits per heavy atom. The molecule has 0 heterocycles. The quantitative estimate of drug-likeness (QED) is 0.206. The van der Waals surface area contributed by atoms with Crippen molar-refractivity contribution in [3.63, 3.8) is 0 Å². The monoisotopic (exact) mass is 545 g/mol. The fraction of sp³-hybridized carbons (Fsp3) is 0.409. The van der Waals surface area contributed by atoms with Crippen LogP contribution in [-0.2, 0) is 22.8 Å². The predicted octanol–water partition coefficient (Wildman–Crippen LogP) is 3.79. The number of unbranched alkanes of at least 4 members (excludes halogenated alkanes) is 1. The molecule has 166 valence electrons. The number of ether oxygens (including phenoxy) is 1. The van der Waals surface area contributed by atoms with Gasteiger partial charge in [-0.1, -0.05) is 37.6 Å². The van der Waals surface area contributed by atoms with Gasteiger partial charge >= 0.3 is 0 Å². The fourth-order valence-corrected chi connectivity index (χ4v) is 3.35. The van der Waals surface area contributed by atoms with Crippen LogP contribution in [0.15, 0.2) is 58.4 Å². The average Bonchev–Trinajstić information content (AvgIpc) is 2.71. The number of halogens is 1. The van der Waals surface area contributed by atoms with E-state index in [0.717, 1.165) is 48.7 Å². The molecule has 8 heteroatoms. The van der Waals surface area contributed by atoms with Gasteiger partial charge in [0.05, 0.1) is 11.5 Å². The van der Waals surface area contributed by atoms with Crippen LogP contribution in [0, 0.1) is 0 Å². The Labute approximate surface area is 197 Å². The van der Waals surface area contributed by atoms with Crippen LogP contribution in [0.4, 0.5) is 0 Å². The lowest BCUT2D eigenvalue weighted by atomic mass is 10.1. The molecular weight excluding hydrogens is 513 g/mol. The highest BCUT2D eigenvalue weighted by molar-refractivity contribution is 14.0. The molecule has 0 amide bonds. The smallest absolute Gasteiger partial charge is 0.191 e. The molecule has 2 rings (SSSR count). The second kappa shape index (κ2) is 13.5. The van der Waals surface area contributed by atoms with Crippen molar-refractivity contribution in [3.05, 3.63) is 59.7 Å². The summed E-state index contributed by atoms with van der Waals surface area (Å²) in [6.07, 6.45) is 4.15. The molecule has 0 saturated carbocycles. The number of hydrogen-bond acceptors (Lipinski definition) is 4. The lowest BCUT2D eigenvalue weighted by Gasteiger charge is -2.13. The first kappa shape index (κ1) is 26.2. The Kier molecular flexibility index (Phi) is 11.8. The lowest BCUT2D eigenvalue weighted by molar-refractivity contribution is 0.309. The van der Waals surface area contributed by atoms with Crippen molar-refractivity contribution in [2.45, 2.75) is 37.6 Å². The zero-order valence-corrected chi connectivity index (χ0v) is 21.0. The fourth-order valence-electron chi connectivity index (χ4n) is 2.71. The van der Waals surface area contributed by atoms with E-state index >= 15 is 0 Å². The Morgan fingerprint density at radius 1 is 1.07 bits per heavy atom. The second-order valence-electron chi connectivity index (χ2n) is 6.87. The van der Waals surface area contributed by atoms with Crippen molar-refractivity contribution < 1.29 is 13.2 Å². The molecule has 0 unspecified atom stereocenters. The van der Waals surface area contributed by atoms with Gasteiger partial charge in [-0.15, -0.1) is 24.0 Å². The van der Waals surface area contributed by atoms with E-state index < -0.39 is 9.84 Å². The van der Waals surface area contributed by atoms with Gasteiger partial charge in [0.25, 0.3) is 0 Å². The van der Waals surface area contributed by atoms with Gasteiger partial charge in [0.2, 0.25) is 0 Å². The first-order valence-electron chi connectivity index (χ1n) is 9.87. The largest absolute Gasteiger partial charge is 0.494 e. The van der Waals surface area contributed by atoms with Crippen LogP contribution in [0.5, 0.6) is 5.75 Å². The normalized spacial score (nSPS) is 11.5. The van der Waals surface area contributed by atoms with E-state index in [4.69, 9.17) is 4.74 Å². The Balaban J connectivity index is 0.00000450. The Bertz CT molecular complexity index is 900.